The minimum absolute atomic E-state index is 0.559. The third-order valence-electron chi connectivity index (χ3n) is 5.13. The Morgan fingerprint density at radius 2 is 1.68 bits per heavy atom. The molecule has 6 heteroatoms. The molecule has 0 aliphatic carbocycles. The van der Waals surface area contributed by atoms with Crippen LogP contribution in [-0.4, -0.2) is 34.0 Å². The quantitative estimate of drug-likeness (QED) is 0.288. The van der Waals surface area contributed by atoms with Gasteiger partial charge in [-0.25, -0.2) is 0 Å². The first-order valence-electron chi connectivity index (χ1n) is 9.62. The summed E-state index contributed by atoms with van der Waals surface area (Å²) in [4.78, 5) is 5.69. The molecule has 0 saturated carbocycles. The zero-order valence-electron chi connectivity index (χ0n) is 16.1. The average Bonchev–Trinajstić information content (AvgIpc) is 3.21. The summed E-state index contributed by atoms with van der Waals surface area (Å²) in [6.07, 6.45) is 12.4. The SMILES string of the molecule is CCC[CH2][Sn]([CH2]CCC)([CH2]CCC)[c]1cn2c(C#N)nc(SC)c2s1. The number of imidazole rings is 1. The Balaban J connectivity index is 2.52. The van der Waals surface area contributed by atoms with Crippen molar-refractivity contribution >= 4 is 49.2 Å². The van der Waals surface area contributed by atoms with Crippen molar-refractivity contribution in [3.8, 4) is 6.07 Å². The van der Waals surface area contributed by atoms with Crippen LogP contribution < -0.4 is 2.89 Å². The number of thiazole rings is 1. The third kappa shape index (κ3) is 4.75. The normalized spacial score (nSPS) is 12.0. The molecule has 0 fully saturated rings. The van der Waals surface area contributed by atoms with E-state index in [9.17, 15) is 5.26 Å². The molecule has 2 rings (SSSR count). The van der Waals surface area contributed by atoms with Crippen LogP contribution in [0.15, 0.2) is 11.2 Å². The van der Waals surface area contributed by atoms with Gasteiger partial charge in [-0.3, -0.25) is 0 Å². The van der Waals surface area contributed by atoms with Crippen LogP contribution in [0.25, 0.3) is 4.83 Å². The van der Waals surface area contributed by atoms with Gasteiger partial charge in [-0.05, 0) is 0 Å². The van der Waals surface area contributed by atoms with Crippen LogP contribution in [0, 0.1) is 11.3 Å². The van der Waals surface area contributed by atoms with Gasteiger partial charge < -0.3 is 0 Å². The van der Waals surface area contributed by atoms with Gasteiger partial charge in [0.25, 0.3) is 0 Å². The number of thioether (sulfide) groups is 1. The Labute approximate surface area is 165 Å². The second kappa shape index (κ2) is 10.2. The molecule has 0 aliphatic rings. The van der Waals surface area contributed by atoms with Gasteiger partial charge in [0, 0.05) is 0 Å². The first kappa shape index (κ1) is 21.1. The molecular formula is C19H31N3S2Sn. The summed E-state index contributed by atoms with van der Waals surface area (Å²) in [5.74, 6) is 0.559. The number of aromatic nitrogens is 2. The molecule has 0 unspecified atom stereocenters. The van der Waals surface area contributed by atoms with Crippen LogP contribution >= 0.6 is 23.1 Å². The number of hydrogen-bond donors (Lipinski definition) is 0. The van der Waals surface area contributed by atoms with Gasteiger partial charge in [0.15, 0.2) is 0 Å². The topological polar surface area (TPSA) is 41.1 Å². The number of nitriles is 1. The summed E-state index contributed by atoms with van der Waals surface area (Å²) in [6.45, 7) is 6.96. The zero-order chi connectivity index (χ0) is 18.3. The molecule has 0 amide bonds. The van der Waals surface area contributed by atoms with E-state index in [0.717, 1.165) is 5.03 Å². The van der Waals surface area contributed by atoms with E-state index in [0.29, 0.717) is 5.82 Å². The molecule has 0 atom stereocenters. The molecule has 0 aliphatic heterocycles. The predicted octanol–water partition coefficient (Wildman–Crippen LogP) is 6.05. The third-order valence-corrected chi connectivity index (χ3v) is 25.2. The summed E-state index contributed by atoms with van der Waals surface area (Å²) >= 11 is 1.22. The second-order valence-electron chi connectivity index (χ2n) is 6.92. The molecule has 0 bridgehead atoms. The molecule has 138 valence electrons. The number of fused-ring (bicyclic) bond motifs is 1. The van der Waals surface area contributed by atoms with Crippen LogP contribution in [0.5, 0.6) is 0 Å². The second-order valence-corrected chi connectivity index (χ2v) is 22.9. The van der Waals surface area contributed by atoms with Gasteiger partial charge in [-0.15, -0.1) is 0 Å². The Bertz CT molecular complexity index is 692. The van der Waals surface area contributed by atoms with E-state index >= 15 is 0 Å². The molecule has 0 saturated heterocycles. The Morgan fingerprint density at radius 1 is 1.12 bits per heavy atom. The van der Waals surface area contributed by atoms with Gasteiger partial charge in [0.1, 0.15) is 0 Å². The van der Waals surface area contributed by atoms with Crippen molar-refractivity contribution in [2.45, 2.75) is 77.6 Å². The maximum atomic E-state index is 9.46. The Kier molecular flexibility index (Phi) is 8.63. The summed E-state index contributed by atoms with van der Waals surface area (Å²) in [5, 5.41) is 10.5. The van der Waals surface area contributed by atoms with Crippen molar-refractivity contribution in [3.05, 3.63) is 12.0 Å². The zero-order valence-corrected chi connectivity index (χ0v) is 20.6. The summed E-state index contributed by atoms with van der Waals surface area (Å²) in [7, 11) is 0. The van der Waals surface area contributed by atoms with E-state index in [1.165, 1.54) is 56.7 Å². The number of unbranched alkanes of at least 4 members (excludes halogenated alkanes) is 3. The van der Waals surface area contributed by atoms with Crippen molar-refractivity contribution in [2.75, 3.05) is 6.26 Å². The van der Waals surface area contributed by atoms with Crippen LogP contribution in [0.3, 0.4) is 0 Å². The first-order chi connectivity index (χ1) is 12.2. The minimum atomic E-state index is -2.41. The van der Waals surface area contributed by atoms with Crippen molar-refractivity contribution in [1.29, 1.82) is 5.26 Å². The maximum absolute atomic E-state index is 9.46. The molecule has 0 radical (unpaired) electrons. The van der Waals surface area contributed by atoms with Gasteiger partial charge in [0.05, 0.1) is 0 Å². The van der Waals surface area contributed by atoms with Crippen LogP contribution in [0.1, 0.15) is 65.1 Å². The number of hydrogen-bond acceptors (Lipinski definition) is 4. The van der Waals surface area contributed by atoms with E-state index in [-0.39, 0.29) is 0 Å². The fourth-order valence-corrected chi connectivity index (χ4v) is 24.3. The summed E-state index contributed by atoms with van der Waals surface area (Å²) < 4.78 is 8.17. The van der Waals surface area contributed by atoms with Crippen molar-refractivity contribution in [1.82, 2.24) is 9.38 Å². The molecule has 0 N–H and O–H groups in total. The van der Waals surface area contributed by atoms with E-state index in [4.69, 9.17) is 0 Å². The fourth-order valence-electron chi connectivity index (χ4n) is 3.60. The average molecular weight is 484 g/mol. The van der Waals surface area contributed by atoms with Crippen LogP contribution in [0.4, 0.5) is 0 Å². The number of nitrogens with zero attached hydrogens (tertiary/aromatic N) is 3. The van der Waals surface area contributed by atoms with E-state index in [1.807, 2.05) is 11.3 Å². The van der Waals surface area contributed by atoms with Crippen LogP contribution in [0.2, 0.25) is 13.3 Å². The summed E-state index contributed by atoms with van der Waals surface area (Å²) in [5.41, 5.74) is 0. The number of rotatable bonds is 11. The standard InChI is InChI=1S/C7H4N3S2.3C4H9.Sn/c1-11-6-7-10(2-3-12-7)5(4-8)9-6;3*1-3-4-2;/h2H,1H3;3*1,3-4H2,2H3;. The first-order valence-corrected chi connectivity index (χ1v) is 19.1. The van der Waals surface area contributed by atoms with E-state index in [2.05, 4.69) is 48.7 Å². The molecule has 2 heterocycles. The molecule has 25 heavy (non-hydrogen) atoms. The van der Waals surface area contributed by atoms with Gasteiger partial charge in [-0.2, -0.15) is 0 Å². The molecular weight excluding hydrogens is 453 g/mol. The van der Waals surface area contributed by atoms with Gasteiger partial charge >= 0.3 is 166 Å². The Hall–Kier alpha value is -0.191. The van der Waals surface area contributed by atoms with Gasteiger partial charge in [-0.1, -0.05) is 0 Å². The van der Waals surface area contributed by atoms with E-state index in [1.54, 1.807) is 14.7 Å². The molecule has 0 aromatic carbocycles. The fraction of sp³-hybridized carbons (Fsp3) is 0.684. The molecule has 0 spiro atoms. The Morgan fingerprint density at radius 3 is 2.12 bits per heavy atom. The van der Waals surface area contributed by atoms with E-state index < -0.39 is 18.4 Å². The van der Waals surface area contributed by atoms with Crippen molar-refractivity contribution in [3.63, 3.8) is 0 Å². The van der Waals surface area contributed by atoms with Crippen molar-refractivity contribution in [2.24, 2.45) is 0 Å². The molecule has 3 nitrogen and oxygen atoms in total. The van der Waals surface area contributed by atoms with Gasteiger partial charge in [0.2, 0.25) is 0 Å². The molecule has 2 aromatic rings. The van der Waals surface area contributed by atoms with Crippen molar-refractivity contribution < 1.29 is 0 Å². The predicted molar refractivity (Wildman–Crippen MR) is 114 cm³/mol. The summed E-state index contributed by atoms with van der Waals surface area (Å²) in [6, 6.07) is 2.29. The van der Waals surface area contributed by atoms with Crippen LogP contribution in [-0.2, 0) is 0 Å². The molecule has 2 aromatic heterocycles. The monoisotopic (exact) mass is 485 g/mol.